The first kappa shape index (κ1) is 22.6. The monoisotopic (exact) mass is 426 g/mol. The van der Waals surface area contributed by atoms with Gasteiger partial charge in [-0.1, -0.05) is 31.5 Å². The fourth-order valence-corrected chi connectivity index (χ4v) is 4.17. The van der Waals surface area contributed by atoms with Gasteiger partial charge in [-0.3, -0.25) is 0 Å². The van der Waals surface area contributed by atoms with Crippen LogP contribution in [0.5, 0.6) is 5.75 Å². The quantitative estimate of drug-likeness (QED) is 0.708. The van der Waals surface area contributed by atoms with Gasteiger partial charge in [-0.15, -0.1) is 0 Å². The number of para-hydroxylation sites is 1. The Kier molecular flexibility index (Phi) is 7.52. The smallest absolute Gasteiger partial charge is 0.328 e. The lowest BCUT2D eigenvalue weighted by Crippen LogP contribution is -2.46. The van der Waals surface area contributed by atoms with Crippen LogP contribution >= 0.6 is 0 Å². The van der Waals surface area contributed by atoms with E-state index in [1.807, 2.05) is 0 Å². The first-order valence-corrected chi connectivity index (χ1v) is 10.7. The van der Waals surface area contributed by atoms with Crippen LogP contribution in [0, 0.1) is 0 Å². The van der Waals surface area contributed by atoms with Crippen molar-refractivity contribution in [2.75, 3.05) is 19.6 Å². The van der Waals surface area contributed by atoms with Gasteiger partial charge in [0.05, 0.1) is 12.2 Å². The summed E-state index contributed by atoms with van der Waals surface area (Å²) >= 11 is 0. The second-order valence-electron chi connectivity index (χ2n) is 7.93. The number of fused-ring (bicyclic) bond motifs is 3. The summed E-state index contributed by atoms with van der Waals surface area (Å²) in [6.45, 7) is 6.67. The van der Waals surface area contributed by atoms with Gasteiger partial charge in [-0.05, 0) is 31.2 Å². The van der Waals surface area contributed by atoms with Gasteiger partial charge >= 0.3 is 11.9 Å². The molecule has 3 heterocycles. The molecular weight excluding hydrogens is 396 g/mol. The van der Waals surface area contributed by atoms with Crippen LogP contribution in [0.2, 0.25) is 0 Å². The Labute approximate surface area is 182 Å². The lowest BCUT2D eigenvalue weighted by Gasteiger charge is -2.41. The second kappa shape index (κ2) is 10.3. The number of nitrogens with zero attached hydrogens (tertiary/aromatic N) is 2. The van der Waals surface area contributed by atoms with Crippen LogP contribution < -0.4 is 4.74 Å². The summed E-state index contributed by atoms with van der Waals surface area (Å²) in [5.41, 5.74) is 2.48. The van der Waals surface area contributed by atoms with Crippen LogP contribution in [0.4, 0.5) is 0 Å². The lowest BCUT2D eigenvalue weighted by atomic mass is 9.87. The molecule has 1 aromatic carbocycles. The van der Waals surface area contributed by atoms with E-state index in [1.54, 1.807) is 0 Å². The van der Waals surface area contributed by atoms with Crippen molar-refractivity contribution in [1.82, 2.24) is 9.47 Å². The van der Waals surface area contributed by atoms with E-state index in [1.165, 1.54) is 30.6 Å². The topological polar surface area (TPSA) is 92.0 Å². The summed E-state index contributed by atoms with van der Waals surface area (Å²) in [6, 6.07) is 12.9. The highest BCUT2D eigenvalue weighted by atomic mass is 16.5. The first-order valence-electron chi connectivity index (χ1n) is 10.7. The highest BCUT2D eigenvalue weighted by Crippen LogP contribution is 2.41. The Morgan fingerprint density at radius 3 is 2.39 bits per heavy atom. The maximum atomic E-state index is 9.55. The average Bonchev–Trinajstić information content (AvgIpc) is 3.18. The number of unbranched alkanes of at least 4 members (excludes halogenated alkanes) is 1. The Morgan fingerprint density at radius 1 is 1.06 bits per heavy atom. The zero-order valence-corrected chi connectivity index (χ0v) is 17.9. The molecule has 31 heavy (non-hydrogen) atoms. The Hall–Kier alpha value is -3.06. The molecule has 7 heteroatoms. The van der Waals surface area contributed by atoms with Gasteiger partial charge in [0.2, 0.25) is 0 Å². The molecule has 0 atom stereocenters. The van der Waals surface area contributed by atoms with E-state index in [0.29, 0.717) is 12.2 Å². The third kappa shape index (κ3) is 5.76. The summed E-state index contributed by atoms with van der Waals surface area (Å²) in [5, 5.41) is 15.6. The number of hydrogen-bond donors (Lipinski definition) is 2. The van der Waals surface area contributed by atoms with Crippen LogP contribution in [0.15, 0.2) is 54.7 Å². The van der Waals surface area contributed by atoms with Gasteiger partial charge in [0.25, 0.3) is 0 Å². The van der Waals surface area contributed by atoms with E-state index in [2.05, 4.69) is 59.0 Å². The zero-order chi connectivity index (χ0) is 22.3. The molecule has 2 aromatic rings. The number of aromatic nitrogens is 1. The molecule has 0 bridgehead atoms. The number of likely N-dealkylation sites (tertiary alicyclic amines) is 1. The van der Waals surface area contributed by atoms with E-state index < -0.39 is 11.9 Å². The second-order valence-corrected chi connectivity index (χ2v) is 7.93. The number of carboxylic acids is 2. The highest BCUT2D eigenvalue weighted by Gasteiger charge is 2.42. The van der Waals surface area contributed by atoms with Crippen LogP contribution in [0.1, 0.15) is 43.9 Å². The van der Waals surface area contributed by atoms with Crippen LogP contribution in [0.3, 0.4) is 0 Å². The Morgan fingerprint density at radius 2 is 1.74 bits per heavy atom. The van der Waals surface area contributed by atoms with Crippen molar-refractivity contribution in [1.29, 1.82) is 0 Å². The van der Waals surface area contributed by atoms with Crippen molar-refractivity contribution in [2.24, 2.45) is 0 Å². The summed E-state index contributed by atoms with van der Waals surface area (Å²) in [7, 11) is 0. The van der Waals surface area contributed by atoms with Crippen molar-refractivity contribution in [3.8, 4) is 5.75 Å². The Balaban J connectivity index is 0.000000293. The minimum atomic E-state index is -1.26. The minimum absolute atomic E-state index is 0.154. The minimum Gasteiger partial charge on any atom is -0.481 e. The lowest BCUT2D eigenvalue weighted by molar-refractivity contribution is -0.134. The molecule has 2 aliphatic heterocycles. The van der Waals surface area contributed by atoms with Crippen molar-refractivity contribution < 1.29 is 24.5 Å². The molecule has 1 saturated heterocycles. The van der Waals surface area contributed by atoms with E-state index in [0.717, 1.165) is 38.2 Å². The molecule has 0 radical (unpaired) electrons. The molecular formula is C24H30N2O5. The van der Waals surface area contributed by atoms with Crippen molar-refractivity contribution in [3.05, 3.63) is 66.0 Å². The number of benzene rings is 1. The molecule has 2 aliphatic rings. The average molecular weight is 427 g/mol. The highest BCUT2D eigenvalue weighted by molar-refractivity contribution is 5.89. The predicted octanol–water partition coefficient (Wildman–Crippen LogP) is 3.73. The number of rotatable bonds is 5. The number of carboxylic acid groups (broad SMARTS) is 2. The molecule has 166 valence electrons. The predicted molar refractivity (Wildman–Crippen MR) is 117 cm³/mol. The molecule has 1 fully saturated rings. The van der Waals surface area contributed by atoms with E-state index >= 15 is 0 Å². The van der Waals surface area contributed by atoms with E-state index in [-0.39, 0.29) is 5.60 Å². The molecule has 1 spiro atoms. The van der Waals surface area contributed by atoms with Gasteiger partial charge < -0.3 is 24.4 Å². The first-order chi connectivity index (χ1) is 14.9. The van der Waals surface area contributed by atoms with Crippen molar-refractivity contribution >= 4 is 11.9 Å². The maximum Gasteiger partial charge on any atom is 0.328 e. The van der Waals surface area contributed by atoms with Crippen molar-refractivity contribution in [2.45, 2.75) is 44.8 Å². The number of hydrogen-bond acceptors (Lipinski definition) is 4. The van der Waals surface area contributed by atoms with Gasteiger partial charge in [0, 0.05) is 49.8 Å². The summed E-state index contributed by atoms with van der Waals surface area (Å²) in [4.78, 5) is 21.7. The fraction of sp³-hybridized carbons (Fsp3) is 0.417. The van der Waals surface area contributed by atoms with Crippen LogP contribution in [0.25, 0.3) is 0 Å². The van der Waals surface area contributed by atoms with Crippen molar-refractivity contribution in [3.63, 3.8) is 0 Å². The van der Waals surface area contributed by atoms with Gasteiger partial charge in [-0.2, -0.15) is 0 Å². The van der Waals surface area contributed by atoms with Gasteiger partial charge in [0.15, 0.2) is 5.60 Å². The third-order valence-electron chi connectivity index (χ3n) is 5.78. The summed E-state index contributed by atoms with van der Waals surface area (Å²) < 4.78 is 9.06. The largest absolute Gasteiger partial charge is 0.481 e. The fourth-order valence-electron chi connectivity index (χ4n) is 4.17. The molecule has 4 rings (SSSR count). The number of aliphatic carboxylic acids is 2. The van der Waals surface area contributed by atoms with Gasteiger partial charge in [-0.25, -0.2) is 9.59 Å². The normalized spacial score (nSPS) is 17.1. The van der Waals surface area contributed by atoms with Crippen LogP contribution in [-0.4, -0.2) is 51.3 Å². The number of ether oxygens (including phenoxy) is 1. The van der Waals surface area contributed by atoms with Gasteiger partial charge in [0.1, 0.15) is 5.75 Å². The molecule has 0 amide bonds. The standard InChI is InChI=1S/C20H26N2O.C4H4O4/c1-2-3-12-21-14-10-20(11-15-21)19-9-6-13-22(19)16-17-7-4-5-8-18(17)23-20;5-3(6)1-2-4(7)8/h4-9,13H,2-3,10-12,14-16H2,1H3;1-2H,(H,5,6)(H,7,8)/b;2-1-. The zero-order valence-electron chi connectivity index (χ0n) is 17.9. The molecule has 7 nitrogen and oxygen atoms in total. The maximum absolute atomic E-state index is 9.55. The molecule has 2 N–H and O–H groups in total. The van der Waals surface area contributed by atoms with E-state index in [9.17, 15) is 9.59 Å². The SMILES string of the molecule is CCCCN1CCC2(CC1)Oc1ccccc1Cn1cccc12.O=C(O)/C=C\C(=O)O. The summed E-state index contributed by atoms with van der Waals surface area (Å²) in [6.07, 6.45) is 8.04. The molecule has 0 unspecified atom stereocenters. The third-order valence-corrected chi connectivity index (χ3v) is 5.78. The number of carbonyl (C=O) groups is 2. The Bertz CT molecular complexity index is 910. The summed E-state index contributed by atoms with van der Waals surface area (Å²) in [5.74, 6) is -1.45. The molecule has 0 aliphatic carbocycles. The molecule has 0 saturated carbocycles. The molecule has 1 aromatic heterocycles. The van der Waals surface area contributed by atoms with E-state index in [4.69, 9.17) is 14.9 Å². The van der Waals surface area contributed by atoms with Crippen LogP contribution in [-0.2, 0) is 21.7 Å². The number of piperidine rings is 1.